The van der Waals surface area contributed by atoms with Crippen LogP contribution in [0.5, 0.6) is 5.88 Å². The first-order valence-corrected chi connectivity index (χ1v) is 6.42. The highest BCUT2D eigenvalue weighted by Gasteiger charge is 2.46. The van der Waals surface area contributed by atoms with Gasteiger partial charge in [0.05, 0.1) is 13.2 Å². The summed E-state index contributed by atoms with van der Waals surface area (Å²) in [5.74, 6) is 0.793. The summed E-state index contributed by atoms with van der Waals surface area (Å²) in [6, 6.07) is 3.93. The molecule has 2 N–H and O–H groups in total. The van der Waals surface area contributed by atoms with Gasteiger partial charge in [-0.3, -0.25) is 4.90 Å². The van der Waals surface area contributed by atoms with E-state index in [1.54, 1.807) is 18.2 Å². The van der Waals surface area contributed by atoms with Gasteiger partial charge in [0.25, 0.3) is 0 Å². The van der Waals surface area contributed by atoms with Gasteiger partial charge in [-0.05, 0) is 18.1 Å². The van der Waals surface area contributed by atoms with Gasteiger partial charge in [-0.15, -0.1) is 0 Å². The molecule has 0 aliphatic carbocycles. The minimum Gasteiger partial charge on any atom is -0.481 e. The Kier molecular flexibility index (Phi) is 3.02. The minimum atomic E-state index is -0.819. The van der Waals surface area contributed by atoms with Crippen LogP contribution in [0.4, 0.5) is 4.79 Å². The zero-order valence-corrected chi connectivity index (χ0v) is 10.7. The molecule has 3 heterocycles. The molecule has 1 aromatic heterocycles. The van der Waals surface area contributed by atoms with E-state index in [0.29, 0.717) is 12.4 Å². The number of aromatic nitrogens is 1. The largest absolute Gasteiger partial charge is 0.481 e. The van der Waals surface area contributed by atoms with Gasteiger partial charge in [0.2, 0.25) is 5.88 Å². The van der Waals surface area contributed by atoms with Gasteiger partial charge in [0.15, 0.2) is 0 Å². The third-order valence-corrected chi connectivity index (χ3v) is 4.09. The molecular weight excluding hydrogens is 246 g/mol. The van der Waals surface area contributed by atoms with E-state index in [1.165, 1.54) is 0 Å². The Morgan fingerprint density at radius 2 is 2.42 bits per heavy atom. The Balaban J connectivity index is 1.91. The van der Waals surface area contributed by atoms with Crippen LogP contribution in [0.1, 0.15) is 17.9 Å². The number of ether oxygens (including phenoxy) is 1. The molecule has 3 unspecified atom stereocenters. The molecule has 102 valence electrons. The summed E-state index contributed by atoms with van der Waals surface area (Å²) in [6.45, 7) is 1.44. The van der Waals surface area contributed by atoms with Crippen molar-refractivity contribution in [1.29, 1.82) is 0 Å². The van der Waals surface area contributed by atoms with Gasteiger partial charge in [-0.1, -0.05) is 0 Å². The van der Waals surface area contributed by atoms with E-state index < -0.39 is 6.09 Å². The molecule has 6 heteroatoms. The quantitative estimate of drug-likeness (QED) is 0.829. The number of nitrogens with zero attached hydrogens (tertiary/aromatic N) is 2. The molecule has 1 amide bonds. The van der Waals surface area contributed by atoms with E-state index in [2.05, 4.69) is 10.3 Å². The first kappa shape index (κ1) is 12.2. The zero-order valence-electron chi connectivity index (χ0n) is 10.7. The third-order valence-electron chi connectivity index (χ3n) is 4.09. The number of hydrogen-bond acceptors (Lipinski definition) is 4. The van der Waals surface area contributed by atoms with Crippen LogP contribution in [-0.2, 0) is 0 Å². The lowest BCUT2D eigenvalue weighted by Crippen LogP contribution is -2.54. The maximum absolute atomic E-state index is 11.4. The van der Waals surface area contributed by atoms with Crippen molar-refractivity contribution in [2.75, 3.05) is 20.2 Å². The molecular formula is C13H17N3O3. The van der Waals surface area contributed by atoms with Crippen LogP contribution in [0.25, 0.3) is 0 Å². The normalized spacial score (nSPS) is 29.3. The van der Waals surface area contributed by atoms with Gasteiger partial charge >= 0.3 is 6.09 Å². The molecule has 6 nitrogen and oxygen atoms in total. The first-order valence-electron chi connectivity index (χ1n) is 6.42. The van der Waals surface area contributed by atoms with Gasteiger partial charge < -0.3 is 15.2 Å². The van der Waals surface area contributed by atoms with Crippen LogP contribution < -0.4 is 10.1 Å². The van der Waals surface area contributed by atoms with E-state index in [9.17, 15) is 9.90 Å². The Hall–Kier alpha value is -1.82. The van der Waals surface area contributed by atoms with Crippen molar-refractivity contribution < 1.29 is 14.6 Å². The van der Waals surface area contributed by atoms with Gasteiger partial charge in [-0.25, -0.2) is 9.78 Å². The molecule has 0 spiro atoms. The van der Waals surface area contributed by atoms with Crippen molar-refractivity contribution in [3.8, 4) is 5.88 Å². The van der Waals surface area contributed by atoms with Crippen molar-refractivity contribution in [1.82, 2.24) is 15.2 Å². The number of fused-ring (bicyclic) bond motifs is 2. The molecule has 0 saturated carbocycles. The van der Waals surface area contributed by atoms with Crippen LogP contribution in [0.3, 0.4) is 0 Å². The number of nitrogens with one attached hydrogen (secondary N) is 1. The van der Waals surface area contributed by atoms with Gasteiger partial charge in [0, 0.05) is 37.3 Å². The molecule has 3 rings (SSSR count). The molecule has 2 saturated heterocycles. The number of rotatable bonds is 2. The van der Waals surface area contributed by atoms with Crippen molar-refractivity contribution in [2.24, 2.45) is 0 Å². The topological polar surface area (TPSA) is 74.7 Å². The molecule has 0 radical (unpaired) electrons. The second-order valence-corrected chi connectivity index (χ2v) is 5.04. The molecule has 19 heavy (non-hydrogen) atoms. The summed E-state index contributed by atoms with van der Waals surface area (Å²) in [7, 11) is 1.59. The SMILES string of the molecule is COc1cc(C2CC3CNCC2N3C(=O)O)ccn1. The molecule has 2 aliphatic heterocycles. The van der Waals surface area contributed by atoms with E-state index in [1.807, 2.05) is 12.1 Å². The highest BCUT2D eigenvalue weighted by Crippen LogP contribution is 2.39. The van der Waals surface area contributed by atoms with E-state index >= 15 is 0 Å². The predicted octanol–water partition coefficient (Wildman–Crippen LogP) is 0.898. The van der Waals surface area contributed by atoms with Gasteiger partial charge in [-0.2, -0.15) is 0 Å². The fourth-order valence-corrected chi connectivity index (χ4v) is 3.27. The minimum absolute atomic E-state index is 0.00311. The summed E-state index contributed by atoms with van der Waals surface area (Å²) < 4.78 is 5.14. The summed E-state index contributed by atoms with van der Waals surface area (Å²) in [5, 5.41) is 12.7. The van der Waals surface area contributed by atoms with Crippen molar-refractivity contribution >= 4 is 6.09 Å². The number of hydrogen-bond donors (Lipinski definition) is 2. The fourth-order valence-electron chi connectivity index (χ4n) is 3.27. The fraction of sp³-hybridized carbons (Fsp3) is 0.538. The lowest BCUT2D eigenvalue weighted by Gasteiger charge is -2.34. The van der Waals surface area contributed by atoms with Crippen LogP contribution in [0.15, 0.2) is 18.3 Å². The third kappa shape index (κ3) is 2.02. The lowest BCUT2D eigenvalue weighted by atomic mass is 9.92. The van der Waals surface area contributed by atoms with E-state index in [4.69, 9.17) is 4.74 Å². The number of carbonyl (C=O) groups is 1. The van der Waals surface area contributed by atoms with Crippen LogP contribution >= 0.6 is 0 Å². The molecule has 2 bridgehead atoms. The number of amides is 1. The van der Waals surface area contributed by atoms with Crippen LogP contribution in [0, 0.1) is 0 Å². The Labute approximate surface area is 111 Å². The monoisotopic (exact) mass is 263 g/mol. The highest BCUT2D eigenvalue weighted by atomic mass is 16.5. The molecule has 2 aliphatic rings. The maximum atomic E-state index is 11.4. The summed E-state index contributed by atoms with van der Waals surface area (Å²) >= 11 is 0. The smallest absolute Gasteiger partial charge is 0.407 e. The average molecular weight is 263 g/mol. The second kappa shape index (κ2) is 4.70. The number of piperazine rings is 1. The standard InChI is InChI=1S/C13H17N3O3/c1-19-12-4-8(2-3-15-12)10-5-9-6-14-7-11(10)16(9)13(17)18/h2-4,9-11,14H,5-7H2,1H3,(H,17,18). The second-order valence-electron chi connectivity index (χ2n) is 5.04. The number of carboxylic acid groups (broad SMARTS) is 1. The predicted molar refractivity (Wildman–Crippen MR) is 68.5 cm³/mol. The van der Waals surface area contributed by atoms with Crippen LogP contribution in [0.2, 0.25) is 0 Å². The number of pyridine rings is 1. The highest BCUT2D eigenvalue weighted by molar-refractivity contribution is 5.67. The van der Waals surface area contributed by atoms with Crippen LogP contribution in [-0.4, -0.2) is 53.4 Å². The summed E-state index contributed by atoms with van der Waals surface area (Å²) in [6.07, 6.45) is 1.76. The molecule has 2 fully saturated rings. The zero-order chi connectivity index (χ0) is 13.4. The summed E-state index contributed by atoms with van der Waals surface area (Å²) in [5.41, 5.74) is 1.11. The Morgan fingerprint density at radius 3 is 3.11 bits per heavy atom. The molecule has 1 aromatic rings. The lowest BCUT2D eigenvalue weighted by molar-refractivity contribution is 0.107. The average Bonchev–Trinajstić information content (AvgIpc) is 2.66. The maximum Gasteiger partial charge on any atom is 0.407 e. The Morgan fingerprint density at radius 1 is 1.58 bits per heavy atom. The van der Waals surface area contributed by atoms with Gasteiger partial charge in [0.1, 0.15) is 0 Å². The summed E-state index contributed by atoms with van der Waals surface area (Å²) in [4.78, 5) is 17.1. The molecule has 3 atom stereocenters. The number of methoxy groups -OCH3 is 1. The first-order chi connectivity index (χ1) is 9.20. The van der Waals surface area contributed by atoms with Crippen molar-refractivity contribution in [3.63, 3.8) is 0 Å². The van der Waals surface area contributed by atoms with Crippen molar-refractivity contribution in [2.45, 2.75) is 24.4 Å². The molecule has 0 aromatic carbocycles. The Bertz CT molecular complexity index is 494. The van der Waals surface area contributed by atoms with E-state index in [0.717, 1.165) is 18.5 Å². The van der Waals surface area contributed by atoms with Crippen molar-refractivity contribution in [3.05, 3.63) is 23.9 Å². The van der Waals surface area contributed by atoms with E-state index in [-0.39, 0.29) is 18.0 Å².